The molecule has 1 fully saturated rings. The molecule has 1 N–H and O–H groups in total. The number of amides is 1. The molecule has 0 aromatic heterocycles. The van der Waals surface area contributed by atoms with E-state index in [1.165, 1.54) is 0 Å². The molecule has 1 aromatic carbocycles. The van der Waals surface area contributed by atoms with E-state index in [-0.39, 0.29) is 12.1 Å². The number of benzene rings is 1. The number of alkyl carbamates (subject to hydrolysis) is 1. The summed E-state index contributed by atoms with van der Waals surface area (Å²) < 4.78 is 15.1. The highest BCUT2D eigenvalue weighted by Crippen LogP contribution is 2.30. The minimum absolute atomic E-state index is 0.118. The van der Waals surface area contributed by atoms with E-state index in [9.17, 15) is 4.79 Å². The predicted molar refractivity (Wildman–Crippen MR) is 56.8 cm³/mol. The van der Waals surface area contributed by atoms with E-state index >= 15 is 0 Å². The Kier molecular flexibility index (Phi) is 2.85. The first-order chi connectivity index (χ1) is 7.74. The summed E-state index contributed by atoms with van der Waals surface area (Å²) in [6.07, 6.45) is -0.389. The molecule has 86 valence electrons. The molecule has 1 saturated heterocycles. The van der Waals surface area contributed by atoms with Crippen molar-refractivity contribution in [3.05, 3.63) is 23.8 Å². The van der Waals surface area contributed by atoms with Crippen LogP contribution in [-0.4, -0.2) is 26.9 Å². The molecule has 5 nitrogen and oxygen atoms in total. The Morgan fingerprint density at radius 3 is 2.62 bits per heavy atom. The zero-order chi connectivity index (χ0) is 11.5. The van der Waals surface area contributed by atoms with Gasteiger partial charge in [-0.15, -0.1) is 0 Å². The van der Waals surface area contributed by atoms with Gasteiger partial charge in [0.2, 0.25) is 0 Å². The number of nitrogens with one attached hydrogen (secondary N) is 1. The van der Waals surface area contributed by atoms with Crippen molar-refractivity contribution in [1.29, 1.82) is 0 Å². The molecule has 0 bridgehead atoms. The van der Waals surface area contributed by atoms with Crippen LogP contribution in [0.2, 0.25) is 0 Å². The van der Waals surface area contributed by atoms with Crippen LogP contribution in [0.4, 0.5) is 4.79 Å². The average molecular weight is 223 g/mol. The minimum atomic E-state index is -0.389. The van der Waals surface area contributed by atoms with Gasteiger partial charge in [0.25, 0.3) is 0 Å². The third-order valence-corrected chi connectivity index (χ3v) is 2.48. The van der Waals surface area contributed by atoms with Gasteiger partial charge < -0.3 is 19.5 Å². The van der Waals surface area contributed by atoms with Crippen molar-refractivity contribution in [2.24, 2.45) is 0 Å². The highest BCUT2D eigenvalue weighted by molar-refractivity contribution is 5.70. The lowest BCUT2D eigenvalue weighted by molar-refractivity contribution is 0.177. The van der Waals surface area contributed by atoms with Crippen molar-refractivity contribution in [2.45, 2.75) is 6.04 Å². The first-order valence-electron chi connectivity index (χ1n) is 4.90. The van der Waals surface area contributed by atoms with Crippen molar-refractivity contribution in [1.82, 2.24) is 5.32 Å². The van der Waals surface area contributed by atoms with Crippen molar-refractivity contribution < 1.29 is 19.0 Å². The predicted octanol–water partition coefficient (Wildman–Crippen LogP) is 1.48. The van der Waals surface area contributed by atoms with Crippen LogP contribution in [-0.2, 0) is 4.74 Å². The van der Waals surface area contributed by atoms with E-state index in [4.69, 9.17) is 14.2 Å². The quantitative estimate of drug-likeness (QED) is 0.843. The summed E-state index contributed by atoms with van der Waals surface area (Å²) in [5.74, 6) is 1.30. The molecule has 5 heteroatoms. The Bertz CT molecular complexity index is 405. The second kappa shape index (κ2) is 4.30. The first kappa shape index (κ1) is 10.6. The molecule has 0 aliphatic carbocycles. The van der Waals surface area contributed by atoms with Gasteiger partial charge in [-0.3, -0.25) is 0 Å². The number of cyclic esters (lactones) is 1. The standard InChI is InChI=1S/C11H13NO4/c1-14-9-4-3-7(5-10(9)15-2)8-6-16-11(13)12-8/h3-5,8H,6H2,1-2H3,(H,12,13)/t8-/m1/s1. The molecule has 2 rings (SSSR count). The van der Waals surface area contributed by atoms with E-state index in [2.05, 4.69) is 5.32 Å². The largest absolute Gasteiger partial charge is 0.493 e. The Labute approximate surface area is 93.3 Å². The first-order valence-corrected chi connectivity index (χ1v) is 4.90. The van der Waals surface area contributed by atoms with Crippen LogP contribution in [0.15, 0.2) is 18.2 Å². The number of carbonyl (C=O) groups is 1. The summed E-state index contributed by atoms with van der Waals surface area (Å²) in [7, 11) is 3.16. The average Bonchev–Trinajstić information content (AvgIpc) is 2.75. The van der Waals surface area contributed by atoms with Crippen molar-refractivity contribution in [3.63, 3.8) is 0 Å². The zero-order valence-electron chi connectivity index (χ0n) is 9.15. The van der Waals surface area contributed by atoms with Gasteiger partial charge in [0.05, 0.1) is 20.3 Å². The zero-order valence-corrected chi connectivity index (χ0v) is 9.15. The van der Waals surface area contributed by atoms with Gasteiger partial charge in [-0.1, -0.05) is 6.07 Å². The number of rotatable bonds is 3. The monoisotopic (exact) mass is 223 g/mol. The maximum absolute atomic E-state index is 10.9. The van der Waals surface area contributed by atoms with Gasteiger partial charge in [0.15, 0.2) is 11.5 Å². The second-order valence-electron chi connectivity index (χ2n) is 3.41. The topological polar surface area (TPSA) is 56.8 Å². The lowest BCUT2D eigenvalue weighted by atomic mass is 10.1. The maximum Gasteiger partial charge on any atom is 0.407 e. The molecule has 0 saturated carbocycles. The number of hydrogen-bond donors (Lipinski definition) is 1. The van der Waals surface area contributed by atoms with Crippen LogP contribution in [0.25, 0.3) is 0 Å². The molecule has 1 aliphatic heterocycles. The van der Waals surface area contributed by atoms with Gasteiger partial charge >= 0.3 is 6.09 Å². The van der Waals surface area contributed by atoms with Crippen LogP contribution in [0.1, 0.15) is 11.6 Å². The smallest absolute Gasteiger partial charge is 0.407 e. The molecule has 0 radical (unpaired) electrons. The molecule has 1 heterocycles. The van der Waals surface area contributed by atoms with Crippen molar-refractivity contribution in [3.8, 4) is 11.5 Å². The molecule has 1 aliphatic rings. The minimum Gasteiger partial charge on any atom is -0.493 e. The lowest BCUT2D eigenvalue weighted by Crippen LogP contribution is -2.18. The highest BCUT2D eigenvalue weighted by atomic mass is 16.6. The van der Waals surface area contributed by atoms with Crippen molar-refractivity contribution >= 4 is 6.09 Å². The molecular formula is C11H13NO4. The van der Waals surface area contributed by atoms with Crippen LogP contribution < -0.4 is 14.8 Å². The van der Waals surface area contributed by atoms with Gasteiger partial charge in [-0.2, -0.15) is 0 Å². The van der Waals surface area contributed by atoms with E-state index in [1.807, 2.05) is 12.1 Å². The Hall–Kier alpha value is -1.91. The van der Waals surface area contributed by atoms with E-state index < -0.39 is 0 Å². The van der Waals surface area contributed by atoms with Crippen LogP contribution >= 0.6 is 0 Å². The summed E-state index contributed by atoms with van der Waals surface area (Å²) in [4.78, 5) is 10.9. The summed E-state index contributed by atoms with van der Waals surface area (Å²) >= 11 is 0. The third-order valence-electron chi connectivity index (χ3n) is 2.48. The molecule has 1 aromatic rings. The van der Waals surface area contributed by atoms with Gasteiger partial charge in [0.1, 0.15) is 6.61 Å². The highest BCUT2D eigenvalue weighted by Gasteiger charge is 2.24. The Morgan fingerprint density at radius 1 is 1.31 bits per heavy atom. The van der Waals surface area contributed by atoms with Crippen LogP contribution in [0.5, 0.6) is 11.5 Å². The van der Waals surface area contributed by atoms with Gasteiger partial charge in [0, 0.05) is 0 Å². The molecule has 1 amide bonds. The third kappa shape index (κ3) is 1.88. The maximum atomic E-state index is 10.9. The lowest BCUT2D eigenvalue weighted by Gasteiger charge is -2.12. The Balaban J connectivity index is 2.25. The summed E-state index contributed by atoms with van der Waals surface area (Å²) in [6, 6.07) is 5.39. The van der Waals surface area contributed by atoms with Gasteiger partial charge in [-0.05, 0) is 17.7 Å². The van der Waals surface area contributed by atoms with Crippen LogP contribution in [0, 0.1) is 0 Å². The summed E-state index contributed by atoms with van der Waals surface area (Å²) in [6.45, 7) is 0.342. The summed E-state index contributed by atoms with van der Waals surface area (Å²) in [5.41, 5.74) is 0.934. The number of hydrogen-bond acceptors (Lipinski definition) is 4. The molecule has 0 unspecified atom stereocenters. The van der Waals surface area contributed by atoms with Gasteiger partial charge in [-0.25, -0.2) is 4.79 Å². The van der Waals surface area contributed by atoms with E-state index in [0.29, 0.717) is 18.1 Å². The number of methoxy groups -OCH3 is 2. The molecule has 1 atom stereocenters. The fraction of sp³-hybridized carbons (Fsp3) is 0.364. The molecular weight excluding hydrogens is 210 g/mol. The number of carbonyl (C=O) groups excluding carboxylic acids is 1. The number of ether oxygens (including phenoxy) is 3. The fourth-order valence-electron chi connectivity index (χ4n) is 1.63. The fourth-order valence-corrected chi connectivity index (χ4v) is 1.63. The normalized spacial score (nSPS) is 18.9. The van der Waals surface area contributed by atoms with E-state index in [0.717, 1.165) is 5.56 Å². The second-order valence-corrected chi connectivity index (χ2v) is 3.41. The summed E-state index contributed by atoms with van der Waals surface area (Å²) in [5, 5.41) is 2.70. The molecule has 16 heavy (non-hydrogen) atoms. The van der Waals surface area contributed by atoms with E-state index in [1.54, 1.807) is 20.3 Å². The van der Waals surface area contributed by atoms with Crippen molar-refractivity contribution in [2.75, 3.05) is 20.8 Å². The SMILES string of the molecule is COc1ccc([C@H]2COC(=O)N2)cc1OC. The Morgan fingerprint density at radius 2 is 2.06 bits per heavy atom. The van der Waals surface area contributed by atoms with Crippen LogP contribution in [0.3, 0.4) is 0 Å². The molecule has 0 spiro atoms.